The number of nitrogens with one attached hydrogen (secondary N) is 1. The van der Waals surface area contributed by atoms with Crippen LogP contribution in [0.5, 0.6) is 0 Å². The summed E-state index contributed by atoms with van der Waals surface area (Å²) in [4.78, 5) is 26.9. The van der Waals surface area contributed by atoms with Crippen molar-refractivity contribution in [1.82, 2.24) is 4.90 Å². The molecule has 0 spiro atoms. The molecule has 4 nitrogen and oxygen atoms in total. The summed E-state index contributed by atoms with van der Waals surface area (Å²) in [5.41, 5.74) is 1.26. The average molecular weight is 330 g/mol. The fourth-order valence-electron chi connectivity index (χ4n) is 3.15. The molecule has 0 bridgehead atoms. The first-order valence-corrected chi connectivity index (χ1v) is 9.40. The summed E-state index contributed by atoms with van der Waals surface area (Å²) in [6, 6.07) is 7.38. The monoisotopic (exact) mass is 330 g/mol. The minimum absolute atomic E-state index is 0.00206. The van der Waals surface area contributed by atoms with E-state index in [-0.39, 0.29) is 11.8 Å². The number of benzene rings is 1. The zero-order valence-corrected chi connectivity index (χ0v) is 14.9. The number of likely N-dealkylation sites (tertiary alicyclic amines) is 1. The maximum atomic E-state index is 12.8. The Morgan fingerprint density at radius 1 is 1.00 bits per heavy atom. The molecule has 0 radical (unpaired) electrons. The van der Waals surface area contributed by atoms with Crippen LogP contribution in [-0.2, 0) is 4.79 Å². The molecule has 1 N–H and O–H groups in total. The molecule has 2 rings (SSSR count). The van der Waals surface area contributed by atoms with Gasteiger partial charge in [-0.1, -0.05) is 51.2 Å². The van der Waals surface area contributed by atoms with Crippen molar-refractivity contribution in [3.05, 3.63) is 29.8 Å². The molecule has 1 aromatic carbocycles. The number of para-hydroxylation sites is 1. The van der Waals surface area contributed by atoms with Crippen LogP contribution in [0.2, 0.25) is 0 Å². The number of unbranched alkanes of at least 4 members (excludes halogenated alkanes) is 3. The molecular formula is C20H30N2O2. The van der Waals surface area contributed by atoms with E-state index in [1.165, 1.54) is 12.8 Å². The highest BCUT2D eigenvalue weighted by Gasteiger charge is 2.20. The van der Waals surface area contributed by atoms with Crippen molar-refractivity contribution in [1.29, 1.82) is 0 Å². The van der Waals surface area contributed by atoms with E-state index in [1.54, 1.807) is 0 Å². The quantitative estimate of drug-likeness (QED) is 0.742. The van der Waals surface area contributed by atoms with E-state index in [9.17, 15) is 9.59 Å². The van der Waals surface area contributed by atoms with Gasteiger partial charge in [0.2, 0.25) is 5.91 Å². The van der Waals surface area contributed by atoms with E-state index in [0.717, 1.165) is 51.6 Å². The van der Waals surface area contributed by atoms with Gasteiger partial charge >= 0.3 is 0 Å². The van der Waals surface area contributed by atoms with Gasteiger partial charge in [-0.25, -0.2) is 0 Å². The molecule has 1 heterocycles. The predicted molar refractivity (Wildman–Crippen MR) is 98.2 cm³/mol. The van der Waals surface area contributed by atoms with E-state index >= 15 is 0 Å². The number of rotatable bonds is 7. The SMILES string of the molecule is CCCCCCC(=O)Nc1ccccc1C(=O)N1CCCCCC1. The van der Waals surface area contributed by atoms with Crippen LogP contribution in [0.15, 0.2) is 24.3 Å². The van der Waals surface area contributed by atoms with Crippen molar-refractivity contribution < 1.29 is 9.59 Å². The first-order chi connectivity index (χ1) is 11.7. The lowest BCUT2D eigenvalue weighted by molar-refractivity contribution is -0.116. The molecule has 0 aromatic heterocycles. The van der Waals surface area contributed by atoms with Gasteiger partial charge in [-0.2, -0.15) is 0 Å². The lowest BCUT2D eigenvalue weighted by Gasteiger charge is -2.22. The van der Waals surface area contributed by atoms with E-state index in [2.05, 4.69) is 12.2 Å². The van der Waals surface area contributed by atoms with Crippen LogP contribution >= 0.6 is 0 Å². The lowest BCUT2D eigenvalue weighted by atomic mass is 10.1. The highest BCUT2D eigenvalue weighted by molar-refractivity contribution is 6.03. The first kappa shape index (κ1) is 18.5. The maximum Gasteiger partial charge on any atom is 0.255 e. The zero-order valence-electron chi connectivity index (χ0n) is 14.9. The largest absolute Gasteiger partial charge is 0.339 e. The Balaban J connectivity index is 1.98. The Morgan fingerprint density at radius 3 is 2.42 bits per heavy atom. The smallest absolute Gasteiger partial charge is 0.255 e. The molecular weight excluding hydrogens is 300 g/mol. The van der Waals surface area contributed by atoms with Gasteiger partial charge in [0.25, 0.3) is 5.91 Å². The van der Waals surface area contributed by atoms with E-state index in [1.807, 2.05) is 29.2 Å². The van der Waals surface area contributed by atoms with Crippen LogP contribution in [0.25, 0.3) is 0 Å². The fourth-order valence-corrected chi connectivity index (χ4v) is 3.15. The topological polar surface area (TPSA) is 49.4 Å². The Bertz CT molecular complexity index is 534. The third-order valence-electron chi connectivity index (χ3n) is 4.58. The van der Waals surface area contributed by atoms with E-state index in [0.29, 0.717) is 17.7 Å². The third-order valence-corrected chi connectivity index (χ3v) is 4.58. The Morgan fingerprint density at radius 2 is 1.71 bits per heavy atom. The van der Waals surface area contributed by atoms with Crippen molar-refractivity contribution in [2.75, 3.05) is 18.4 Å². The fraction of sp³-hybridized carbons (Fsp3) is 0.600. The van der Waals surface area contributed by atoms with Gasteiger partial charge in [0.05, 0.1) is 11.3 Å². The van der Waals surface area contributed by atoms with Gasteiger partial charge in [-0.15, -0.1) is 0 Å². The third kappa shape index (κ3) is 5.66. The van der Waals surface area contributed by atoms with Gasteiger partial charge in [0.1, 0.15) is 0 Å². The number of nitrogens with zero attached hydrogens (tertiary/aromatic N) is 1. The summed E-state index contributed by atoms with van der Waals surface area (Å²) >= 11 is 0. The Hall–Kier alpha value is -1.84. The second-order valence-electron chi connectivity index (χ2n) is 6.61. The molecule has 24 heavy (non-hydrogen) atoms. The van der Waals surface area contributed by atoms with Crippen molar-refractivity contribution in [3.8, 4) is 0 Å². The highest BCUT2D eigenvalue weighted by atomic mass is 16.2. The zero-order chi connectivity index (χ0) is 17.2. The predicted octanol–water partition coefficient (Wildman–Crippen LogP) is 4.61. The van der Waals surface area contributed by atoms with Gasteiger partial charge < -0.3 is 10.2 Å². The molecule has 0 aliphatic carbocycles. The maximum absolute atomic E-state index is 12.8. The number of hydrogen-bond acceptors (Lipinski definition) is 2. The number of anilines is 1. The molecule has 1 aliphatic heterocycles. The summed E-state index contributed by atoms with van der Waals surface area (Å²) in [5, 5.41) is 2.94. The second kappa shape index (κ2) is 10.1. The molecule has 4 heteroatoms. The first-order valence-electron chi connectivity index (χ1n) is 9.40. The molecule has 132 valence electrons. The molecule has 2 amide bonds. The number of carbonyl (C=O) groups excluding carboxylic acids is 2. The molecule has 1 fully saturated rings. The molecule has 0 unspecified atom stereocenters. The van der Waals surface area contributed by atoms with Crippen LogP contribution in [0.4, 0.5) is 5.69 Å². The number of amides is 2. The number of carbonyl (C=O) groups is 2. The van der Waals surface area contributed by atoms with E-state index < -0.39 is 0 Å². The van der Waals surface area contributed by atoms with Gasteiger partial charge in [0, 0.05) is 19.5 Å². The van der Waals surface area contributed by atoms with Gasteiger partial charge in [0.15, 0.2) is 0 Å². The molecule has 1 aromatic rings. The average Bonchev–Trinajstić information content (AvgIpc) is 2.88. The molecule has 1 aliphatic rings. The summed E-state index contributed by atoms with van der Waals surface area (Å²) < 4.78 is 0. The second-order valence-corrected chi connectivity index (χ2v) is 6.61. The van der Waals surface area contributed by atoms with Crippen LogP contribution in [-0.4, -0.2) is 29.8 Å². The van der Waals surface area contributed by atoms with Crippen LogP contribution in [0.3, 0.4) is 0 Å². The van der Waals surface area contributed by atoms with Crippen molar-refractivity contribution in [2.45, 2.75) is 64.7 Å². The van der Waals surface area contributed by atoms with E-state index in [4.69, 9.17) is 0 Å². The van der Waals surface area contributed by atoms with Crippen LogP contribution in [0.1, 0.15) is 75.1 Å². The summed E-state index contributed by atoms with van der Waals surface area (Å²) in [7, 11) is 0. The van der Waals surface area contributed by atoms with Gasteiger partial charge in [-0.3, -0.25) is 9.59 Å². The van der Waals surface area contributed by atoms with Crippen LogP contribution in [0, 0.1) is 0 Å². The van der Waals surface area contributed by atoms with Gasteiger partial charge in [-0.05, 0) is 31.4 Å². The van der Waals surface area contributed by atoms with Crippen molar-refractivity contribution in [3.63, 3.8) is 0 Å². The minimum Gasteiger partial charge on any atom is -0.339 e. The minimum atomic E-state index is 0.00206. The lowest BCUT2D eigenvalue weighted by Crippen LogP contribution is -2.32. The Labute approximate surface area is 145 Å². The summed E-state index contributed by atoms with van der Waals surface area (Å²) in [6.07, 6.45) is 9.35. The summed E-state index contributed by atoms with van der Waals surface area (Å²) in [5.74, 6) is 0.0426. The molecule has 0 saturated carbocycles. The summed E-state index contributed by atoms with van der Waals surface area (Å²) in [6.45, 7) is 3.79. The molecule has 0 atom stereocenters. The van der Waals surface area contributed by atoms with Crippen LogP contribution < -0.4 is 5.32 Å². The standard InChI is InChI=1S/C20H30N2O2/c1-2-3-4-7-14-19(23)21-18-13-9-8-12-17(18)20(24)22-15-10-5-6-11-16-22/h8-9,12-13H,2-7,10-11,14-16H2,1H3,(H,21,23). The highest BCUT2D eigenvalue weighted by Crippen LogP contribution is 2.20. The normalized spacial score (nSPS) is 15.0. The van der Waals surface area contributed by atoms with Crippen molar-refractivity contribution in [2.24, 2.45) is 0 Å². The number of hydrogen-bond donors (Lipinski definition) is 1. The Kier molecular flexibility index (Phi) is 7.80. The molecule has 1 saturated heterocycles. The van der Waals surface area contributed by atoms with Crippen molar-refractivity contribution >= 4 is 17.5 Å².